The number of methoxy groups -OCH3 is 1. The number of hydrogen-bond acceptors (Lipinski definition) is 4. The molecule has 0 heterocycles. The van der Waals surface area contributed by atoms with Crippen LogP contribution in [0.2, 0.25) is 5.04 Å². The Morgan fingerprint density at radius 3 is 1.93 bits per heavy atom. The van der Waals surface area contributed by atoms with Gasteiger partial charge >= 0.3 is 5.97 Å². The molecule has 2 aromatic carbocycles. The molecule has 1 aliphatic carbocycles. The van der Waals surface area contributed by atoms with Crippen LogP contribution in [-0.2, 0) is 18.8 Å². The van der Waals surface area contributed by atoms with E-state index in [2.05, 4.69) is 45.0 Å². The normalized spacial score (nSPS) is 19.7. The number of esters is 1. The highest BCUT2D eigenvalue weighted by atomic mass is 28.4. The molecule has 0 bridgehead atoms. The number of carbonyl (C=O) groups is 2. The highest BCUT2D eigenvalue weighted by Gasteiger charge is 2.52. The maximum atomic E-state index is 12.6. The number of hydrogen-bond donors (Lipinski definition) is 0. The van der Waals surface area contributed by atoms with E-state index in [1.54, 1.807) is 0 Å². The van der Waals surface area contributed by atoms with Crippen molar-refractivity contribution in [1.82, 2.24) is 0 Å². The average Bonchev–Trinajstić information content (AvgIpc) is 3.12. The average molecular weight is 425 g/mol. The van der Waals surface area contributed by atoms with E-state index in [9.17, 15) is 9.59 Å². The monoisotopic (exact) mass is 424 g/mol. The first-order valence-electron chi connectivity index (χ1n) is 10.6. The van der Waals surface area contributed by atoms with Gasteiger partial charge in [-0.25, -0.2) is 0 Å². The summed E-state index contributed by atoms with van der Waals surface area (Å²) in [6.07, 6.45) is 2.08. The van der Waals surface area contributed by atoms with Gasteiger partial charge in [0.05, 0.1) is 7.11 Å². The van der Waals surface area contributed by atoms with Gasteiger partial charge in [-0.2, -0.15) is 0 Å². The second kappa shape index (κ2) is 8.86. The number of ether oxygens (including phenoxy) is 1. The molecule has 2 aromatic rings. The third-order valence-corrected chi connectivity index (χ3v) is 11.4. The molecule has 1 unspecified atom stereocenters. The quantitative estimate of drug-likeness (QED) is 0.385. The SMILES string of the molecule is COC(=O)C1(CCO[Si](c2ccccc2)(c2ccccc2)C(C)(C)C)CCCC1=O. The topological polar surface area (TPSA) is 52.6 Å². The van der Waals surface area contributed by atoms with Crippen LogP contribution in [0.1, 0.15) is 46.5 Å². The van der Waals surface area contributed by atoms with Gasteiger partial charge in [0.15, 0.2) is 0 Å². The molecular weight excluding hydrogens is 392 g/mol. The van der Waals surface area contributed by atoms with Crippen molar-refractivity contribution in [1.29, 1.82) is 0 Å². The van der Waals surface area contributed by atoms with Crippen LogP contribution >= 0.6 is 0 Å². The highest BCUT2D eigenvalue weighted by Crippen LogP contribution is 2.41. The van der Waals surface area contributed by atoms with Crippen molar-refractivity contribution in [2.24, 2.45) is 5.41 Å². The third-order valence-electron chi connectivity index (χ3n) is 6.38. The molecule has 160 valence electrons. The van der Waals surface area contributed by atoms with Crippen LogP contribution in [0.5, 0.6) is 0 Å². The molecule has 0 aliphatic heterocycles. The molecule has 0 N–H and O–H groups in total. The second-order valence-corrected chi connectivity index (χ2v) is 13.4. The molecule has 3 rings (SSSR count). The zero-order valence-electron chi connectivity index (χ0n) is 18.4. The first-order valence-corrected chi connectivity index (χ1v) is 12.6. The molecule has 1 fully saturated rings. The lowest BCUT2D eigenvalue weighted by Crippen LogP contribution is -2.66. The fourth-order valence-corrected chi connectivity index (χ4v) is 9.41. The maximum absolute atomic E-state index is 12.6. The summed E-state index contributed by atoms with van der Waals surface area (Å²) in [7, 11) is -1.32. The predicted octanol–water partition coefficient (Wildman–Crippen LogP) is 3.87. The Balaban J connectivity index is 2.00. The van der Waals surface area contributed by atoms with E-state index in [0.29, 0.717) is 25.9 Å². The lowest BCUT2D eigenvalue weighted by Gasteiger charge is -2.43. The Hall–Kier alpha value is -2.24. The van der Waals surface area contributed by atoms with Gasteiger partial charge in [0.2, 0.25) is 0 Å². The van der Waals surface area contributed by atoms with E-state index < -0.39 is 19.7 Å². The smallest absolute Gasteiger partial charge is 0.319 e. The van der Waals surface area contributed by atoms with Crippen LogP contribution in [-0.4, -0.2) is 33.8 Å². The number of ketones is 1. The molecule has 0 spiro atoms. The van der Waals surface area contributed by atoms with Crippen molar-refractivity contribution >= 4 is 30.4 Å². The minimum Gasteiger partial charge on any atom is -0.468 e. The third kappa shape index (κ3) is 3.88. The number of carbonyl (C=O) groups excluding carboxylic acids is 2. The van der Waals surface area contributed by atoms with E-state index in [1.807, 2.05) is 36.4 Å². The van der Waals surface area contributed by atoms with Gasteiger partial charge in [-0.3, -0.25) is 9.59 Å². The Bertz CT molecular complexity index is 834. The molecule has 0 amide bonds. The van der Waals surface area contributed by atoms with Gasteiger partial charge < -0.3 is 9.16 Å². The van der Waals surface area contributed by atoms with Crippen molar-refractivity contribution in [2.45, 2.75) is 51.5 Å². The fraction of sp³-hybridized carbons (Fsp3) is 0.440. The fourth-order valence-electron chi connectivity index (χ4n) is 4.85. The molecule has 0 aromatic heterocycles. The van der Waals surface area contributed by atoms with Crippen LogP contribution in [0.15, 0.2) is 60.7 Å². The molecule has 1 aliphatic rings. The van der Waals surface area contributed by atoms with Crippen LogP contribution in [0.3, 0.4) is 0 Å². The molecule has 4 nitrogen and oxygen atoms in total. The van der Waals surface area contributed by atoms with Gasteiger partial charge in [0.25, 0.3) is 8.32 Å². The second-order valence-electron chi connectivity index (χ2n) is 9.11. The minimum atomic E-state index is -2.68. The zero-order chi connectivity index (χ0) is 21.8. The summed E-state index contributed by atoms with van der Waals surface area (Å²) in [4.78, 5) is 25.2. The van der Waals surface area contributed by atoms with Crippen LogP contribution < -0.4 is 10.4 Å². The van der Waals surface area contributed by atoms with Gasteiger partial charge in [-0.1, -0.05) is 81.4 Å². The van der Waals surface area contributed by atoms with Crippen LogP contribution in [0.4, 0.5) is 0 Å². The highest BCUT2D eigenvalue weighted by molar-refractivity contribution is 6.99. The summed E-state index contributed by atoms with van der Waals surface area (Å²) in [6, 6.07) is 20.8. The summed E-state index contributed by atoms with van der Waals surface area (Å²) in [5.41, 5.74) is -1.06. The Kier molecular flexibility index (Phi) is 6.63. The Morgan fingerprint density at radius 1 is 1.00 bits per heavy atom. The summed E-state index contributed by atoms with van der Waals surface area (Å²) >= 11 is 0. The summed E-state index contributed by atoms with van der Waals surface area (Å²) in [5.74, 6) is -0.434. The predicted molar refractivity (Wildman–Crippen MR) is 121 cm³/mol. The molecule has 0 saturated heterocycles. The molecule has 1 atom stereocenters. The van der Waals surface area contributed by atoms with Gasteiger partial charge in [0.1, 0.15) is 11.2 Å². The first kappa shape index (κ1) is 22.4. The summed E-state index contributed by atoms with van der Waals surface area (Å²) < 4.78 is 11.9. The number of Topliss-reactive ketones (excluding diaryl/α,β-unsaturated/α-hetero) is 1. The standard InChI is InChI=1S/C25H32O4Si/c1-24(2,3)30(20-12-7-5-8-13-20,21-14-9-6-10-15-21)29-19-18-25(23(27)28-4)17-11-16-22(25)26/h5-10,12-15H,11,16-19H2,1-4H3. The van der Waals surface area contributed by atoms with Gasteiger partial charge in [-0.05, 0) is 34.7 Å². The van der Waals surface area contributed by atoms with E-state index in [1.165, 1.54) is 17.5 Å². The summed E-state index contributed by atoms with van der Waals surface area (Å²) in [5, 5.41) is 2.23. The van der Waals surface area contributed by atoms with E-state index in [0.717, 1.165) is 6.42 Å². The Labute approximate surface area is 180 Å². The van der Waals surface area contributed by atoms with Gasteiger partial charge in [0, 0.05) is 13.0 Å². The Morgan fingerprint density at radius 2 is 1.53 bits per heavy atom. The van der Waals surface area contributed by atoms with Crippen molar-refractivity contribution in [2.75, 3.05) is 13.7 Å². The number of rotatable bonds is 7. The molecule has 0 radical (unpaired) electrons. The van der Waals surface area contributed by atoms with Crippen molar-refractivity contribution in [3.8, 4) is 0 Å². The largest absolute Gasteiger partial charge is 0.468 e. The molecule has 1 saturated carbocycles. The minimum absolute atomic E-state index is 0.0135. The van der Waals surface area contributed by atoms with E-state index >= 15 is 0 Å². The molecular formula is C25H32O4Si. The first-order chi connectivity index (χ1) is 14.3. The van der Waals surface area contributed by atoms with Crippen molar-refractivity contribution in [3.05, 3.63) is 60.7 Å². The number of benzene rings is 2. The van der Waals surface area contributed by atoms with E-state index in [4.69, 9.17) is 9.16 Å². The molecule has 5 heteroatoms. The lowest BCUT2D eigenvalue weighted by atomic mass is 9.82. The lowest BCUT2D eigenvalue weighted by molar-refractivity contribution is -0.157. The summed E-state index contributed by atoms with van der Waals surface area (Å²) in [6.45, 7) is 7.00. The van der Waals surface area contributed by atoms with Crippen LogP contribution in [0.25, 0.3) is 0 Å². The molecule has 30 heavy (non-hydrogen) atoms. The van der Waals surface area contributed by atoms with Crippen LogP contribution in [0, 0.1) is 5.41 Å². The maximum Gasteiger partial charge on any atom is 0.319 e. The van der Waals surface area contributed by atoms with Crippen molar-refractivity contribution < 1.29 is 18.8 Å². The van der Waals surface area contributed by atoms with Crippen molar-refractivity contribution in [3.63, 3.8) is 0 Å². The van der Waals surface area contributed by atoms with E-state index in [-0.39, 0.29) is 10.8 Å². The zero-order valence-corrected chi connectivity index (χ0v) is 19.4. The van der Waals surface area contributed by atoms with Gasteiger partial charge in [-0.15, -0.1) is 0 Å².